The molecule has 0 unspecified atom stereocenters. The van der Waals surface area contributed by atoms with E-state index in [1.54, 1.807) is 36.4 Å². The van der Waals surface area contributed by atoms with Crippen molar-refractivity contribution < 1.29 is 12.6 Å². The standard InChI is InChI=1S/C13H11IO3S/c1-10-2-6-12(7-3-10)17-18(15,16)13-8-4-11(14)5-9-13/h2-9H,1H3. The SMILES string of the molecule is Cc1ccc(OS(=O)(=O)c2ccc(I)cc2)cc1. The summed E-state index contributed by atoms with van der Waals surface area (Å²) in [4.78, 5) is 0.156. The number of aryl methyl sites for hydroxylation is 1. The minimum absolute atomic E-state index is 0.156. The maximum absolute atomic E-state index is 12.0. The Morgan fingerprint density at radius 1 is 0.944 bits per heavy atom. The predicted octanol–water partition coefficient (Wildman–Crippen LogP) is 3.37. The third-order valence-electron chi connectivity index (χ3n) is 2.33. The molecule has 0 amide bonds. The Hall–Kier alpha value is -1.08. The third-order valence-corrected chi connectivity index (χ3v) is 4.31. The molecule has 0 atom stereocenters. The Morgan fingerprint density at radius 3 is 2.06 bits per heavy atom. The Morgan fingerprint density at radius 2 is 1.50 bits per heavy atom. The van der Waals surface area contributed by atoms with Gasteiger partial charge in [-0.15, -0.1) is 0 Å². The molecule has 2 aromatic carbocycles. The zero-order valence-corrected chi connectivity index (χ0v) is 12.6. The monoisotopic (exact) mass is 374 g/mol. The molecule has 0 fully saturated rings. The molecule has 0 bridgehead atoms. The Kier molecular flexibility index (Phi) is 3.91. The first-order chi connectivity index (χ1) is 8.47. The van der Waals surface area contributed by atoms with Crippen molar-refractivity contribution in [3.63, 3.8) is 0 Å². The molecular formula is C13H11IO3S. The molecule has 0 spiro atoms. The van der Waals surface area contributed by atoms with Crippen LogP contribution in [0.5, 0.6) is 5.75 Å². The van der Waals surface area contributed by atoms with Crippen LogP contribution in [0.1, 0.15) is 5.56 Å². The van der Waals surface area contributed by atoms with E-state index in [4.69, 9.17) is 4.18 Å². The molecular weight excluding hydrogens is 363 g/mol. The quantitative estimate of drug-likeness (QED) is 0.611. The molecule has 0 saturated carbocycles. The lowest BCUT2D eigenvalue weighted by Crippen LogP contribution is -2.09. The molecule has 94 valence electrons. The van der Waals surface area contributed by atoms with Gasteiger partial charge in [-0.05, 0) is 65.9 Å². The Labute approximate surface area is 120 Å². The highest BCUT2D eigenvalue weighted by molar-refractivity contribution is 14.1. The van der Waals surface area contributed by atoms with Crippen molar-refractivity contribution in [3.05, 3.63) is 57.7 Å². The summed E-state index contributed by atoms with van der Waals surface area (Å²) >= 11 is 2.12. The second kappa shape index (κ2) is 5.27. The summed E-state index contributed by atoms with van der Waals surface area (Å²) < 4.78 is 30.0. The van der Waals surface area contributed by atoms with Gasteiger partial charge in [0.1, 0.15) is 10.6 Å². The maximum Gasteiger partial charge on any atom is 0.339 e. The highest BCUT2D eigenvalue weighted by atomic mass is 127. The molecule has 0 N–H and O–H groups in total. The van der Waals surface area contributed by atoms with Gasteiger partial charge in [0.15, 0.2) is 0 Å². The smallest absolute Gasteiger partial charge is 0.339 e. The van der Waals surface area contributed by atoms with Crippen LogP contribution in [0, 0.1) is 10.5 Å². The molecule has 0 aliphatic heterocycles. The van der Waals surface area contributed by atoms with Crippen molar-refractivity contribution >= 4 is 32.7 Å². The number of halogens is 1. The Bertz CT molecular complexity index is 631. The molecule has 0 aliphatic carbocycles. The van der Waals surface area contributed by atoms with Crippen LogP contribution >= 0.6 is 22.6 Å². The first-order valence-corrected chi connectivity index (χ1v) is 7.73. The fraction of sp³-hybridized carbons (Fsp3) is 0.0769. The van der Waals surface area contributed by atoms with Crippen molar-refractivity contribution in [2.45, 2.75) is 11.8 Å². The lowest BCUT2D eigenvalue weighted by molar-refractivity contribution is 0.486. The van der Waals surface area contributed by atoms with Crippen LogP contribution in [-0.4, -0.2) is 8.42 Å². The average molecular weight is 374 g/mol. The van der Waals surface area contributed by atoms with Crippen molar-refractivity contribution in [2.24, 2.45) is 0 Å². The van der Waals surface area contributed by atoms with Gasteiger partial charge in [-0.3, -0.25) is 0 Å². The predicted molar refractivity (Wildman–Crippen MR) is 78.2 cm³/mol. The topological polar surface area (TPSA) is 43.4 Å². The van der Waals surface area contributed by atoms with E-state index in [1.807, 2.05) is 6.92 Å². The molecule has 18 heavy (non-hydrogen) atoms. The lowest BCUT2D eigenvalue weighted by atomic mass is 10.2. The summed E-state index contributed by atoms with van der Waals surface area (Å²) in [5, 5.41) is 0. The van der Waals surface area contributed by atoms with E-state index in [-0.39, 0.29) is 4.90 Å². The lowest BCUT2D eigenvalue weighted by Gasteiger charge is -2.07. The molecule has 3 nitrogen and oxygen atoms in total. The average Bonchev–Trinajstić information content (AvgIpc) is 2.32. The molecule has 0 aliphatic rings. The van der Waals surface area contributed by atoms with Gasteiger partial charge in [0.2, 0.25) is 0 Å². The molecule has 0 saturated heterocycles. The first-order valence-electron chi connectivity index (χ1n) is 5.24. The van der Waals surface area contributed by atoms with E-state index >= 15 is 0 Å². The molecule has 0 radical (unpaired) electrons. The van der Waals surface area contributed by atoms with Crippen LogP contribution in [0.4, 0.5) is 0 Å². The minimum atomic E-state index is -3.75. The zero-order valence-electron chi connectivity index (χ0n) is 9.63. The first kappa shape index (κ1) is 13.4. The van der Waals surface area contributed by atoms with Gasteiger partial charge in [0.25, 0.3) is 0 Å². The van der Waals surface area contributed by atoms with E-state index in [0.29, 0.717) is 5.75 Å². The fourth-order valence-corrected chi connectivity index (χ4v) is 2.66. The van der Waals surface area contributed by atoms with Gasteiger partial charge in [-0.1, -0.05) is 17.7 Å². The molecule has 0 heterocycles. The highest BCUT2D eigenvalue weighted by Crippen LogP contribution is 2.19. The van der Waals surface area contributed by atoms with Crippen molar-refractivity contribution in [1.29, 1.82) is 0 Å². The minimum Gasteiger partial charge on any atom is -0.379 e. The maximum atomic E-state index is 12.0. The number of hydrogen-bond donors (Lipinski definition) is 0. The van der Waals surface area contributed by atoms with Gasteiger partial charge in [-0.25, -0.2) is 0 Å². The van der Waals surface area contributed by atoms with E-state index in [1.165, 1.54) is 12.1 Å². The summed E-state index contributed by atoms with van der Waals surface area (Å²) in [6.07, 6.45) is 0. The number of rotatable bonds is 3. The third kappa shape index (κ3) is 3.23. The zero-order chi connectivity index (χ0) is 13.2. The second-order valence-electron chi connectivity index (χ2n) is 3.80. The van der Waals surface area contributed by atoms with Crippen LogP contribution in [-0.2, 0) is 10.1 Å². The molecule has 5 heteroatoms. The molecule has 0 aromatic heterocycles. The Balaban J connectivity index is 2.27. The fourth-order valence-electron chi connectivity index (χ4n) is 1.37. The molecule has 2 aromatic rings. The van der Waals surface area contributed by atoms with E-state index < -0.39 is 10.1 Å². The van der Waals surface area contributed by atoms with Crippen molar-refractivity contribution in [2.75, 3.05) is 0 Å². The summed E-state index contributed by atoms with van der Waals surface area (Å²) in [6.45, 7) is 1.93. The van der Waals surface area contributed by atoms with Crippen LogP contribution in [0.2, 0.25) is 0 Å². The summed E-state index contributed by atoms with van der Waals surface area (Å²) in [5.41, 5.74) is 1.05. The van der Waals surface area contributed by atoms with Crippen LogP contribution < -0.4 is 4.18 Å². The van der Waals surface area contributed by atoms with Gasteiger partial charge >= 0.3 is 10.1 Å². The normalized spacial score (nSPS) is 11.2. The number of benzene rings is 2. The van der Waals surface area contributed by atoms with Crippen LogP contribution in [0.3, 0.4) is 0 Å². The van der Waals surface area contributed by atoms with Gasteiger partial charge in [-0.2, -0.15) is 8.42 Å². The van der Waals surface area contributed by atoms with Gasteiger partial charge < -0.3 is 4.18 Å². The van der Waals surface area contributed by atoms with Crippen LogP contribution in [0.25, 0.3) is 0 Å². The van der Waals surface area contributed by atoms with E-state index in [9.17, 15) is 8.42 Å². The highest BCUT2D eigenvalue weighted by Gasteiger charge is 2.16. The van der Waals surface area contributed by atoms with E-state index in [2.05, 4.69) is 22.6 Å². The van der Waals surface area contributed by atoms with Crippen molar-refractivity contribution in [3.8, 4) is 5.75 Å². The summed E-state index contributed by atoms with van der Waals surface area (Å²) in [5.74, 6) is 0.319. The van der Waals surface area contributed by atoms with Gasteiger partial charge in [0.05, 0.1) is 0 Å². The van der Waals surface area contributed by atoms with E-state index in [0.717, 1.165) is 9.13 Å². The second-order valence-corrected chi connectivity index (χ2v) is 6.60. The summed E-state index contributed by atoms with van der Waals surface area (Å²) in [6, 6.07) is 13.4. The van der Waals surface area contributed by atoms with Gasteiger partial charge in [0, 0.05) is 3.57 Å². The number of hydrogen-bond acceptors (Lipinski definition) is 3. The largest absolute Gasteiger partial charge is 0.379 e. The molecule has 2 rings (SSSR count). The van der Waals surface area contributed by atoms with Crippen LogP contribution in [0.15, 0.2) is 53.4 Å². The summed E-state index contributed by atoms with van der Waals surface area (Å²) in [7, 11) is -3.75. The van der Waals surface area contributed by atoms with Crippen molar-refractivity contribution in [1.82, 2.24) is 0 Å².